The van der Waals surface area contributed by atoms with Crippen LogP contribution in [0.5, 0.6) is 0 Å². The van der Waals surface area contributed by atoms with Crippen LogP contribution >= 0.6 is 15.9 Å². The van der Waals surface area contributed by atoms with E-state index in [-0.39, 0.29) is 24.9 Å². The molecule has 0 aliphatic heterocycles. The van der Waals surface area contributed by atoms with E-state index in [1.165, 1.54) is 0 Å². The normalized spacial score (nSPS) is 13.6. The van der Waals surface area contributed by atoms with Crippen molar-refractivity contribution >= 4 is 27.7 Å². The average molecular weight is 379 g/mol. The first kappa shape index (κ1) is 15.7. The van der Waals surface area contributed by atoms with Crippen molar-refractivity contribution in [3.63, 3.8) is 0 Å². The van der Waals surface area contributed by atoms with Crippen LogP contribution in [0.4, 0.5) is 0 Å². The first-order chi connectivity index (χ1) is 11.1. The lowest BCUT2D eigenvalue weighted by Gasteiger charge is -2.05. The third kappa shape index (κ3) is 4.38. The molecule has 1 heterocycles. The van der Waals surface area contributed by atoms with Crippen LogP contribution in [0.2, 0.25) is 0 Å². The fourth-order valence-electron chi connectivity index (χ4n) is 1.98. The molecule has 8 heteroatoms. The summed E-state index contributed by atoms with van der Waals surface area (Å²) in [6, 6.07) is 6.94. The van der Waals surface area contributed by atoms with Crippen LogP contribution in [-0.2, 0) is 11.3 Å². The van der Waals surface area contributed by atoms with Gasteiger partial charge < -0.3 is 15.2 Å². The molecule has 0 spiro atoms. The predicted octanol–water partition coefficient (Wildman–Crippen LogP) is 1.76. The maximum Gasteiger partial charge on any atom is 0.251 e. The molecule has 1 aromatic heterocycles. The lowest BCUT2D eigenvalue weighted by atomic mass is 10.2. The van der Waals surface area contributed by atoms with Crippen LogP contribution in [0.1, 0.15) is 40.8 Å². The van der Waals surface area contributed by atoms with E-state index in [1.807, 2.05) is 6.07 Å². The van der Waals surface area contributed by atoms with E-state index in [9.17, 15) is 9.59 Å². The first-order valence-corrected chi connectivity index (χ1v) is 8.04. The maximum atomic E-state index is 11.9. The zero-order chi connectivity index (χ0) is 16.2. The fraction of sp³-hybridized carbons (Fsp3) is 0.333. The molecule has 0 saturated heterocycles. The quantitative estimate of drug-likeness (QED) is 0.797. The van der Waals surface area contributed by atoms with Gasteiger partial charge >= 0.3 is 0 Å². The van der Waals surface area contributed by atoms with Crippen molar-refractivity contribution in [1.29, 1.82) is 0 Å². The Morgan fingerprint density at radius 2 is 2.13 bits per heavy atom. The van der Waals surface area contributed by atoms with Crippen LogP contribution in [0.25, 0.3) is 0 Å². The molecule has 120 valence electrons. The predicted molar refractivity (Wildman–Crippen MR) is 84.6 cm³/mol. The van der Waals surface area contributed by atoms with E-state index in [0.717, 1.165) is 17.3 Å². The molecule has 0 atom stereocenters. The van der Waals surface area contributed by atoms with E-state index < -0.39 is 0 Å². The van der Waals surface area contributed by atoms with Crippen molar-refractivity contribution in [2.24, 2.45) is 0 Å². The summed E-state index contributed by atoms with van der Waals surface area (Å²) in [5, 5.41) is 9.05. The smallest absolute Gasteiger partial charge is 0.251 e. The van der Waals surface area contributed by atoms with E-state index in [4.69, 9.17) is 4.52 Å². The van der Waals surface area contributed by atoms with E-state index in [0.29, 0.717) is 23.2 Å². The Labute approximate surface area is 141 Å². The van der Waals surface area contributed by atoms with Gasteiger partial charge in [0.2, 0.25) is 11.8 Å². The van der Waals surface area contributed by atoms with Gasteiger partial charge in [0.1, 0.15) is 0 Å². The molecule has 1 aromatic carbocycles. The fourth-order valence-corrected chi connectivity index (χ4v) is 2.38. The number of nitrogens with one attached hydrogen (secondary N) is 2. The standard InChI is InChI=1S/C15H15BrN4O3/c16-11-3-1-2-10(6-11)15(22)18-7-12(21)17-8-13-19-14(20-23-13)9-4-5-9/h1-3,6,9H,4-5,7-8H2,(H,17,21)(H,18,22). The molecule has 2 aromatic rings. The first-order valence-electron chi connectivity index (χ1n) is 7.25. The summed E-state index contributed by atoms with van der Waals surface area (Å²) in [4.78, 5) is 27.9. The van der Waals surface area contributed by atoms with Gasteiger partial charge in [0.05, 0.1) is 13.1 Å². The zero-order valence-electron chi connectivity index (χ0n) is 12.2. The number of halogens is 1. The van der Waals surface area contributed by atoms with Gasteiger partial charge in [-0.1, -0.05) is 27.2 Å². The molecule has 2 N–H and O–H groups in total. The van der Waals surface area contributed by atoms with Crippen LogP contribution in [0.3, 0.4) is 0 Å². The Bertz CT molecular complexity index is 727. The molecular formula is C15H15BrN4O3. The third-order valence-corrected chi connectivity index (χ3v) is 3.85. The maximum absolute atomic E-state index is 11.9. The summed E-state index contributed by atoms with van der Waals surface area (Å²) in [5.41, 5.74) is 0.484. The van der Waals surface area contributed by atoms with Gasteiger partial charge in [-0.25, -0.2) is 0 Å². The van der Waals surface area contributed by atoms with Gasteiger partial charge in [0, 0.05) is 16.0 Å². The third-order valence-electron chi connectivity index (χ3n) is 3.36. The second-order valence-electron chi connectivity index (χ2n) is 5.29. The molecule has 1 aliphatic carbocycles. The molecule has 23 heavy (non-hydrogen) atoms. The summed E-state index contributed by atoms with van der Waals surface area (Å²) in [6.07, 6.45) is 2.18. The Hall–Kier alpha value is -2.22. The number of hydrogen-bond donors (Lipinski definition) is 2. The molecule has 0 unspecified atom stereocenters. The number of carbonyl (C=O) groups is 2. The molecular weight excluding hydrogens is 364 g/mol. The molecule has 3 rings (SSSR count). The Kier molecular flexibility index (Phi) is 4.71. The molecule has 1 aliphatic rings. The van der Waals surface area contributed by atoms with Crippen LogP contribution in [0, 0.1) is 0 Å². The Morgan fingerprint density at radius 3 is 2.87 bits per heavy atom. The summed E-state index contributed by atoms with van der Waals surface area (Å²) in [5.74, 6) is 0.859. The van der Waals surface area contributed by atoms with Crippen LogP contribution in [-0.4, -0.2) is 28.5 Å². The number of rotatable bonds is 6. The Balaban J connectivity index is 1.42. The van der Waals surface area contributed by atoms with Crippen molar-refractivity contribution < 1.29 is 14.1 Å². The molecule has 0 radical (unpaired) electrons. The summed E-state index contributed by atoms with van der Waals surface area (Å²) >= 11 is 3.30. The topological polar surface area (TPSA) is 97.1 Å². The average Bonchev–Trinajstić information content (AvgIpc) is 3.29. The van der Waals surface area contributed by atoms with E-state index in [2.05, 4.69) is 36.7 Å². The SMILES string of the molecule is O=C(CNC(=O)c1cccc(Br)c1)NCc1nc(C2CC2)no1. The zero-order valence-corrected chi connectivity index (χ0v) is 13.8. The van der Waals surface area contributed by atoms with Crippen molar-refractivity contribution in [1.82, 2.24) is 20.8 Å². The van der Waals surface area contributed by atoms with Crippen molar-refractivity contribution in [3.8, 4) is 0 Å². The van der Waals surface area contributed by atoms with Gasteiger partial charge in [-0.3, -0.25) is 9.59 Å². The second-order valence-corrected chi connectivity index (χ2v) is 6.21. The number of nitrogens with zero attached hydrogens (tertiary/aromatic N) is 2. The largest absolute Gasteiger partial charge is 0.345 e. The molecule has 2 amide bonds. The van der Waals surface area contributed by atoms with Gasteiger partial charge in [-0.2, -0.15) is 4.98 Å². The molecule has 0 bridgehead atoms. The second kappa shape index (κ2) is 6.91. The summed E-state index contributed by atoms with van der Waals surface area (Å²) in [6.45, 7) is 0.0419. The summed E-state index contributed by atoms with van der Waals surface area (Å²) < 4.78 is 5.86. The highest BCUT2D eigenvalue weighted by Gasteiger charge is 2.28. The lowest BCUT2D eigenvalue weighted by Crippen LogP contribution is -2.36. The van der Waals surface area contributed by atoms with Gasteiger partial charge in [0.25, 0.3) is 5.91 Å². The van der Waals surface area contributed by atoms with Gasteiger partial charge in [-0.15, -0.1) is 0 Å². The van der Waals surface area contributed by atoms with Gasteiger partial charge in [-0.05, 0) is 31.0 Å². The number of amides is 2. The molecule has 1 saturated carbocycles. The monoisotopic (exact) mass is 378 g/mol. The minimum absolute atomic E-state index is 0.116. The van der Waals surface area contributed by atoms with Gasteiger partial charge in [0.15, 0.2) is 5.82 Å². The molecule has 7 nitrogen and oxygen atoms in total. The highest BCUT2D eigenvalue weighted by molar-refractivity contribution is 9.10. The Morgan fingerprint density at radius 1 is 1.30 bits per heavy atom. The van der Waals surface area contributed by atoms with Crippen LogP contribution < -0.4 is 10.6 Å². The highest BCUT2D eigenvalue weighted by atomic mass is 79.9. The number of hydrogen-bond acceptors (Lipinski definition) is 5. The van der Waals surface area contributed by atoms with E-state index >= 15 is 0 Å². The summed E-state index contributed by atoms with van der Waals surface area (Å²) in [7, 11) is 0. The minimum Gasteiger partial charge on any atom is -0.345 e. The number of carbonyl (C=O) groups excluding carboxylic acids is 2. The van der Waals surface area contributed by atoms with E-state index in [1.54, 1.807) is 18.2 Å². The van der Waals surface area contributed by atoms with Crippen molar-refractivity contribution in [3.05, 3.63) is 46.0 Å². The minimum atomic E-state index is -0.320. The lowest BCUT2D eigenvalue weighted by molar-refractivity contribution is -0.120. The van der Waals surface area contributed by atoms with Crippen LogP contribution in [0.15, 0.2) is 33.3 Å². The molecule has 1 fully saturated rings. The number of aromatic nitrogens is 2. The highest BCUT2D eigenvalue weighted by Crippen LogP contribution is 2.37. The number of benzene rings is 1. The van der Waals surface area contributed by atoms with Crippen molar-refractivity contribution in [2.45, 2.75) is 25.3 Å². The van der Waals surface area contributed by atoms with Crippen molar-refractivity contribution in [2.75, 3.05) is 6.54 Å².